The Morgan fingerprint density at radius 2 is 2.23 bits per heavy atom. The Kier molecular flexibility index (Phi) is 4.04. The maximum Gasteiger partial charge on any atom is 0.222 e. The third-order valence-electron chi connectivity index (χ3n) is 1.65. The van der Waals surface area contributed by atoms with E-state index in [2.05, 4.69) is 10.2 Å². The number of thioether (sulfide) groups is 1. The molecule has 0 amide bonds. The summed E-state index contributed by atoms with van der Waals surface area (Å²) in [5.74, 6) is 1.37. The molecule has 1 aromatic rings. The first kappa shape index (κ1) is 10.3. The van der Waals surface area contributed by atoms with Gasteiger partial charge in [-0.3, -0.25) is 4.57 Å². The standard InChI is InChI=1S/C7H14N4OS/c1-11-6(8)9-10-7(11)13-5-3-2-4-12/h12H,2-5H2,1H3,(H2,8,9). The Hall–Kier alpha value is -0.750. The zero-order valence-corrected chi connectivity index (χ0v) is 8.42. The van der Waals surface area contributed by atoms with Crippen LogP contribution in [0.25, 0.3) is 0 Å². The van der Waals surface area contributed by atoms with Crippen molar-refractivity contribution in [3.05, 3.63) is 0 Å². The van der Waals surface area contributed by atoms with Gasteiger partial charge in [0.05, 0.1) is 0 Å². The van der Waals surface area contributed by atoms with Crippen LogP contribution in [0, 0.1) is 0 Å². The summed E-state index contributed by atoms with van der Waals surface area (Å²) in [5, 5.41) is 17.0. The number of aliphatic hydroxyl groups excluding tert-OH is 1. The van der Waals surface area contributed by atoms with E-state index in [1.165, 1.54) is 0 Å². The molecule has 13 heavy (non-hydrogen) atoms. The van der Waals surface area contributed by atoms with Gasteiger partial charge in [0.2, 0.25) is 5.95 Å². The van der Waals surface area contributed by atoms with Crippen molar-refractivity contribution in [1.29, 1.82) is 0 Å². The second kappa shape index (κ2) is 5.08. The van der Waals surface area contributed by atoms with E-state index in [9.17, 15) is 0 Å². The third kappa shape index (κ3) is 2.89. The summed E-state index contributed by atoms with van der Waals surface area (Å²) in [4.78, 5) is 0. The highest BCUT2D eigenvalue weighted by Gasteiger charge is 2.04. The van der Waals surface area contributed by atoms with E-state index in [1.807, 2.05) is 7.05 Å². The third-order valence-corrected chi connectivity index (χ3v) is 2.76. The van der Waals surface area contributed by atoms with Gasteiger partial charge >= 0.3 is 0 Å². The summed E-state index contributed by atoms with van der Waals surface area (Å²) in [6.07, 6.45) is 1.81. The number of anilines is 1. The maximum absolute atomic E-state index is 8.56. The molecular formula is C7H14N4OS. The maximum atomic E-state index is 8.56. The molecule has 0 saturated carbocycles. The summed E-state index contributed by atoms with van der Waals surface area (Å²) < 4.78 is 1.75. The molecule has 0 aliphatic carbocycles. The normalized spacial score (nSPS) is 10.6. The van der Waals surface area contributed by atoms with Gasteiger partial charge in [-0.25, -0.2) is 0 Å². The summed E-state index contributed by atoms with van der Waals surface area (Å²) in [6, 6.07) is 0. The first-order valence-electron chi connectivity index (χ1n) is 4.14. The molecule has 0 saturated heterocycles. The fraction of sp³-hybridized carbons (Fsp3) is 0.714. The van der Waals surface area contributed by atoms with Crippen molar-refractivity contribution >= 4 is 17.7 Å². The lowest BCUT2D eigenvalue weighted by Crippen LogP contribution is -1.98. The highest BCUT2D eigenvalue weighted by Crippen LogP contribution is 2.17. The van der Waals surface area contributed by atoms with Gasteiger partial charge in [-0.05, 0) is 12.8 Å². The first-order chi connectivity index (χ1) is 6.25. The molecular weight excluding hydrogens is 188 g/mol. The molecule has 0 spiro atoms. The molecule has 0 bridgehead atoms. The van der Waals surface area contributed by atoms with Crippen molar-refractivity contribution in [3.63, 3.8) is 0 Å². The minimum absolute atomic E-state index is 0.252. The Bertz CT molecular complexity index is 263. The van der Waals surface area contributed by atoms with E-state index in [0.717, 1.165) is 23.8 Å². The van der Waals surface area contributed by atoms with E-state index in [4.69, 9.17) is 10.8 Å². The van der Waals surface area contributed by atoms with Gasteiger partial charge in [0.15, 0.2) is 5.16 Å². The molecule has 1 aromatic heterocycles. The van der Waals surface area contributed by atoms with Crippen LogP contribution < -0.4 is 5.73 Å². The average molecular weight is 202 g/mol. The van der Waals surface area contributed by atoms with Crippen molar-refractivity contribution in [2.75, 3.05) is 18.1 Å². The zero-order chi connectivity index (χ0) is 9.68. The molecule has 0 unspecified atom stereocenters. The number of hydrogen-bond acceptors (Lipinski definition) is 5. The Labute approximate surface area is 81.3 Å². The van der Waals surface area contributed by atoms with Crippen LogP contribution in [-0.4, -0.2) is 32.2 Å². The topological polar surface area (TPSA) is 77.0 Å². The molecule has 1 heterocycles. The first-order valence-corrected chi connectivity index (χ1v) is 5.12. The molecule has 3 N–H and O–H groups in total. The quantitative estimate of drug-likeness (QED) is 0.529. The second-order valence-electron chi connectivity index (χ2n) is 2.68. The van der Waals surface area contributed by atoms with Crippen LogP contribution in [0.2, 0.25) is 0 Å². The lowest BCUT2D eigenvalue weighted by atomic mass is 10.4. The van der Waals surface area contributed by atoms with E-state index < -0.39 is 0 Å². The molecule has 1 rings (SSSR count). The van der Waals surface area contributed by atoms with Crippen LogP contribution >= 0.6 is 11.8 Å². The van der Waals surface area contributed by atoms with E-state index in [0.29, 0.717) is 5.95 Å². The van der Waals surface area contributed by atoms with E-state index >= 15 is 0 Å². The lowest BCUT2D eigenvalue weighted by molar-refractivity contribution is 0.287. The highest BCUT2D eigenvalue weighted by atomic mass is 32.2. The second-order valence-corrected chi connectivity index (χ2v) is 3.74. The van der Waals surface area contributed by atoms with E-state index in [1.54, 1.807) is 16.3 Å². The molecule has 0 aliphatic rings. The van der Waals surface area contributed by atoms with Gasteiger partial charge in [-0.1, -0.05) is 11.8 Å². The summed E-state index contributed by atoms with van der Waals surface area (Å²) in [7, 11) is 1.84. The summed E-state index contributed by atoms with van der Waals surface area (Å²) >= 11 is 1.61. The minimum Gasteiger partial charge on any atom is -0.396 e. The largest absolute Gasteiger partial charge is 0.396 e. The Balaban J connectivity index is 2.32. The zero-order valence-electron chi connectivity index (χ0n) is 7.60. The van der Waals surface area contributed by atoms with Gasteiger partial charge in [0.25, 0.3) is 0 Å². The molecule has 5 nitrogen and oxygen atoms in total. The minimum atomic E-state index is 0.252. The fourth-order valence-corrected chi connectivity index (χ4v) is 1.75. The van der Waals surface area contributed by atoms with Crippen molar-refractivity contribution < 1.29 is 5.11 Å². The van der Waals surface area contributed by atoms with Gasteiger partial charge in [-0.2, -0.15) is 0 Å². The molecule has 0 fully saturated rings. The van der Waals surface area contributed by atoms with Crippen LogP contribution in [-0.2, 0) is 7.05 Å². The van der Waals surface area contributed by atoms with Crippen molar-refractivity contribution in [2.24, 2.45) is 7.05 Å². The van der Waals surface area contributed by atoms with Crippen molar-refractivity contribution in [2.45, 2.75) is 18.0 Å². The number of aromatic nitrogens is 3. The van der Waals surface area contributed by atoms with Gasteiger partial charge in [-0.15, -0.1) is 10.2 Å². The molecule has 6 heteroatoms. The van der Waals surface area contributed by atoms with Gasteiger partial charge < -0.3 is 10.8 Å². The molecule has 74 valence electrons. The SMILES string of the molecule is Cn1c(N)nnc1SCCCCO. The van der Waals surface area contributed by atoms with Crippen molar-refractivity contribution in [3.8, 4) is 0 Å². The molecule has 0 atom stereocenters. The molecule has 0 aliphatic heterocycles. The predicted molar refractivity (Wildman–Crippen MR) is 52.5 cm³/mol. The number of rotatable bonds is 5. The number of unbranched alkanes of at least 4 members (excludes halogenated alkanes) is 1. The predicted octanol–water partition coefficient (Wildman–Crippen LogP) is 0.262. The van der Waals surface area contributed by atoms with Crippen LogP contribution in [0.5, 0.6) is 0 Å². The van der Waals surface area contributed by atoms with Crippen LogP contribution in [0.4, 0.5) is 5.95 Å². The van der Waals surface area contributed by atoms with Gasteiger partial charge in [0, 0.05) is 19.4 Å². The Morgan fingerprint density at radius 3 is 2.77 bits per heavy atom. The summed E-state index contributed by atoms with van der Waals surface area (Å²) in [5.41, 5.74) is 5.51. The fourth-order valence-electron chi connectivity index (χ4n) is 0.829. The van der Waals surface area contributed by atoms with E-state index in [-0.39, 0.29) is 6.61 Å². The number of nitrogen functional groups attached to an aromatic ring is 1. The summed E-state index contributed by atoms with van der Waals surface area (Å²) in [6.45, 7) is 0.252. The smallest absolute Gasteiger partial charge is 0.222 e. The monoisotopic (exact) mass is 202 g/mol. The van der Waals surface area contributed by atoms with Gasteiger partial charge in [0.1, 0.15) is 0 Å². The number of nitrogens with two attached hydrogens (primary N) is 1. The van der Waals surface area contributed by atoms with Crippen LogP contribution in [0.1, 0.15) is 12.8 Å². The lowest BCUT2D eigenvalue weighted by Gasteiger charge is -1.99. The molecule has 0 radical (unpaired) electrons. The number of hydrogen-bond donors (Lipinski definition) is 2. The average Bonchev–Trinajstić information content (AvgIpc) is 2.43. The van der Waals surface area contributed by atoms with Crippen LogP contribution in [0.3, 0.4) is 0 Å². The highest BCUT2D eigenvalue weighted by molar-refractivity contribution is 7.99. The number of nitrogens with zero attached hydrogens (tertiary/aromatic N) is 3. The Morgan fingerprint density at radius 1 is 1.46 bits per heavy atom. The van der Waals surface area contributed by atoms with Crippen LogP contribution in [0.15, 0.2) is 5.16 Å². The number of aliphatic hydroxyl groups is 1. The van der Waals surface area contributed by atoms with Crippen molar-refractivity contribution in [1.82, 2.24) is 14.8 Å². The molecule has 0 aromatic carbocycles.